The summed E-state index contributed by atoms with van der Waals surface area (Å²) < 4.78 is 0. The van der Waals surface area contributed by atoms with Crippen molar-refractivity contribution >= 4 is 23.2 Å². The molecule has 0 aliphatic rings. The predicted molar refractivity (Wildman–Crippen MR) is 117 cm³/mol. The standard InChI is InChI=1S/C24H25N3O2/c1-15(2)21-7-5-6-8-22(21)27-24(29)19-12-18(13-25-14-19)23(28)26-20-10-9-16(3)17(4)11-20/h5-15H,1-4H3,(H,26,28)(H,27,29). The third-order valence-corrected chi connectivity index (χ3v) is 4.86. The first-order valence-corrected chi connectivity index (χ1v) is 9.59. The molecular formula is C24H25N3O2. The molecule has 0 bridgehead atoms. The predicted octanol–water partition coefficient (Wildman–Crippen LogP) is 5.33. The van der Waals surface area contributed by atoms with Crippen LogP contribution in [0.3, 0.4) is 0 Å². The molecule has 1 heterocycles. The first-order valence-electron chi connectivity index (χ1n) is 9.59. The number of hydrogen-bond donors (Lipinski definition) is 2. The molecule has 0 fully saturated rings. The van der Waals surface area contributed by atoms with Crippen molar-refractivity contribution in [3.05, 3.63) is 88.7 Å². The van der Waals surface area contributed by atoms with E-state index in [1.165, 1.54) is 12.4 Å². The molecule has 2 amide bonds. The van der Waals surface area contributed by atoms with E-state index >= 15 is 0 Å². The molecule has 0 atom stereocenters. The molecule has 2 N–H and O–H groups in total. The highest BCUT2D eigenvalue weighted by Gasteiger charge is 2.14. The molecule has 5 nitrogen and oxygen atoms in total. The summed E-state index contributed by atoms with van der Waals surface area (Å²) in [4.78, 5) is 29.4. The molecule has 0 aliphatic carbocycles. The number of aryl methyl sites for hydroxylation is 2. The summed E-state index contributed by atoms with van der Waals surface area (Å²) in [7, 11) is 0. The van der Waals surface area contributed by atoms with Crippen molar-refractivity contribution in [3.63, 3.8) is 0 Å². The number of nitrogens with zero attached hydrogens (tertiary/aromatic N) is 1. The molecule has 0 radical (unpaired) electrons. The smallest absolute Gasteiger partial charge is 0.257 e. The molecule has 2 aromatic carbocycles. The Morgan fingerprint density at radius 3 is 2.14 bits per heavy atom. The molecule has 0 aliphatic heterocycles. The second kappa shape index (κ2) is 8.69. The second-order valence-corrected chi connectivity index (χ2v) is 7.41. The van der Waals surface area contributed by atoms with Crippen molar-refractivity contribution in [2.75, 3.05) is 10.6 Å². The summed E-state index contributed by atoms with van der Waals surface area (Å²) in [6.07, 6.45) is 2.91. The summed E-state index contributed by atoms with van der Waals surface area (Å²) in [5.74, 6) is -0.330. The number of amides is 2. The minimum absolute atomic E-state index is 0.278. The summed E-state index contributed by atoms with van der Waals surface area (Å²) in [6.45, 7) is 8.16. The maximum Gasteiger partial charge on any atom is 0.257 e. The molecule has 0 saturated carbocycles. The van der Waals surface area contributed by atoms with E-state index in [0.29, 0.717) is 16.8 Å². The number of nitrogens with one attached hydrogen (secondary N) is 2. The molecule has 0 spiro atoms. The molecule has 0 saturated heterocycles. The van der Waals surface area contributed by atoms with E-state index in [2.05, 4.69) is 29.5 Å². The zero-order valence-electron chi connectivity index (χ0n) is 17.1. The Balaban J connectivity index is 1.77. The van der Waals surface area contributed by atoms with Crippen LogP contribution in [0.5, 0.6) is 0 Å². The first kappa shape index (κ1) is 20.3. The van der Waals surface area contributed by atoms with Crippen LogP contribution >= 0.6 is 0 Å². The zero-order chi connectivity index (χ0) is 21.0. The van der Waals surface area contributed by atoms with E-state index in [9.17, 15) is 9.59 Å². The fraction of sp³-hybridized carbons (Fsp3) is 0.208. The van der Waals surface area contributed by atoms with Gasteiger partial charge in [-0.05, 0) is 60.7 Å². The number of pyridine rings is 1. The van der Waals surface area contributed by atoms with Gasteiger partial charge in [-0.15, -0.1) is 0 Å². The fourth-order valence-electron chi connectivity index (χ4n) is 3.02. The van der Waals surface area contributed by atoms with Crippen molar-refractivity contribution in [3.8, 4) is 0 Å². The Hall–Kier alpha value is -3.47. The lowest BCUT2D eigenvalue weighted by Gasteiger charge is -2.14. The van der Waals surface area contributed by atoms with Crippen LogP contribution in [0.1, 0.15) is 57.2 Å². The SMILES string of the molecule is Cc1ccc(NC(=O)c2cncc(C(=O)Nc3ccccc3C(C)C)c2)cc1C. The highest BCUT2D eigenvalue weighted by molar-refractivity contribution is 6.08. The highest BCUT2D eigenvalue weighted by Crippen LogP contribution is 2.24. The number of para-hydroxylation sites is 1. The summed E-state index contributed by atoms with van der Waals surface area (Å²) >= 11 is 0. The number of rotatable bonds is 5. The van der Waals surface area contributed by atoms with Gasteiger partial charge in [0.15, 0.2) is 0 Å². The van der Waals surface area contributed by atoms with E-state index in [-0.39, 0.29) is 17.7 Å². The largest absolute Gasteiger partial charge is 0.322 e. The Morgan fingerprint density at radius 1 is 0.828 bits per heavy atom. The zero-order valence-corrected chi connectivity index (χ0v) is 17.1. The van der Waals surface area contributed by atoms with Gasteiger partial charge in [0.25, 0.3) is 11.8 Å². The lowest BCUT2D eigenvalue weighted by molar-refractivity contribution is 0.102. The molecule has 1 aromatic heterocycles. The van der Waals surface area contributed by atoms with Gasteiger partial charge in [0, 0.05) is 23.8 Å². The molecule has 0 unspecified atom stereocenters. The van der Waals surface area contributed by atoms with Gasteiger partial charge < -0.3 is 10.6 Å². The van der Waals surface area contributed by atoms with Crippen molar-refractivity contribution < 1.29 is 9.59 Å². The van der Waals surface area contributed by atoms with Crippen molar-refractivity contribution in [1.29, 1.82) is 0 Å². The van der Waals surface area contributed by atoms with Gasteiger partial charge in [0.05, 0.1) is 11.1 Å². The van der Waals surface area contributed by atoms with E-state index in [0.717, 1.165) is 22.4 Å². The highest BCUT2D eigenvalue weighted by atomic mass is 16.2. The topological polar surface area (TPSA) is 71.1 Å². The minimum atomic E-state index is -0.307. The van der Waals surface area contributed by atoms with Gasteiger partial charge in [-0.25, -0.2) is 0 Å². The molecule has 3 aromatic rings. The average molecular weight is 387 g/mol. The van der Waals surface area contributed by atoms with Crippen LogP contribution in [-0.4, -0.2) is 16.8 Å². The second-order valence-electron chi connectivity index (χ2n) is 7.41. The van der Waals surface area contributed by atoms with Crippen LogP contribution < -0.4 is 10.6 Å². The summed E-state index contributed by atoms with van der Waals surface area (Å²) in [5.41, 5.74) is 5.43. The maximum atomic E-state index is 12.7. The number of anilines is 2. The van der Waals surface area contributed by atoms with Crippen molar-refractivity contribution in [2.45, 2.75) is 33.6 Å². The van der Waals surface area contributed by atoms with E-state index in [1.807, 2.05) is 56.3 Å². The van der Waals surface area contributed by atoms with Crippen LogP contribution in [0.4, 0.5) is 11.4 Å². The number of benzene rings is 2. The van der Waals surface area contributed by atoms with Crippen molar-refractivity contribution in [1.82, 2.24) is 4.98 Å². The maximum absolute atomic E-state index is 12.7. The van der Waals surface area contributed by atoms with Crippen LogP contribution in [0.25, 0.3) is 0 Å². The molecule has 29 heavy (non-hydrogen) atoms. The minimum Gasteiger partial charge on any atom is -0.322 e. The third-order valence-electron chi connectivity index (χ3n) is 4.86. The van der Waals surface area contributed by atoms with Gasteiger partial charge in [0.1, 0.15) is 0 Å². The van der Waals surface area contributed by atoms with E-state index < -0.39 is 0 Å². The number of carbonyl (C=O) groups is 2. The van der Waals surface area contributed by atoms with Crippen LogP contribution in [0, 0.1) is 13.8 Å². The lowest BCUT2D eigenvalue weighted by atomic mass is 10.0. The summed E-state index contributed by atoms with van der Waals surface area (Å²) in [5, 5.41) is 5.78. The Kier molecular flexibility index (Phi) is 6.07. The summed E-state index contributed by atoms with van der Waals surface area (Å²) in [6, 6.07) is 15.0. The van der Waals surface area contributed by atoms with E-state index in [4.69, 9.17) is 0 Å². The molecule has 148 valence electrons. The van der Waals surface area contributed by atoms with Crippen LogP contribution in [0.2, 0.25) is 0 Å². The Morgan fingerprint density at radius 2 is 1.48 bits per heavy atom. The Labute approximate surface area is 171 Å². The monoisotopic (exact) mass is 387 g/mol. The molecule has 3 rings (SSSR count). The lowest BCUT2D eigenvalue weighted by Crippen LogP contribution is -2.17. The number of aromatic nitrogens is 1. The van der Waals surface area contributed by atoms with Gasteiger partial charge in [-0.3, -0.25) is 14.6 Å². The van der Waals surface area contributed by atoms with Gasteiger partial charge in [-0.1, -0.05) is 38.1 Å². The Bertz CT molecular complexity index is 1060. The van der Waals surface area contributed by atoms with Gasteiger partial charge >= 0.3 is 0 Å². The fourth-order valence-corrected chi connectivity index (χ4v) is 3.02. The number of hydrogen-bond acceptors (Lipinski definition) is 3. The first-order chi connectivity index (χ1) is 13.8. The normalized spacial score (nSPS) is 10.7. The van der Waals surface area contributed by atoms with Crippen LogP contribution in [0.15, 0.2) is 60.9 Å². The average Bonchev–Trinajstić information content (AvgIpc) is 2.71. The third kappa shape index (κ3) is 4.88. The van der Waals surface area contributed by atoms with Gasteiger partial charge in [-0.2, -0.15) is 0 Å². The van der Waals surface area contributed by atoms with Crippen molar-refractivity contribution in [2.24, 2.45) is 0 Å². The van der Waals surface area contributed by atoms with E-state index in [1.54, 1.807) is 6.07 Å². The molecule has 5 heteroatoms. The molecular weight excluding hydrogens is 362 g/mol. The number of carbonyl (C=O) groups excluding carboxylic acids is 2. The quantitative estimate of drug-likeness (QED) is 0.622. The van der Waals surface area contributed by atoms with Crippen LogP contribution in [-0.2, 0) is 0 Å². The van der Waals surface area contributed by atoms with Gasteiger partial charge in [0.2, 0.25) is 0 Å².